The number of aryl methyl sites for hydroxylation is 1. The van der Waals surface area contributed by atoms with Gasteiger partial charge in [-0.1, -0.05) is 91.0 Å². The number of hydrogen-bond donors (Lipinski definition) is 1. The first-order valence-electron chi connectivity index (χ1n) is 8.80. The number of nitrogens with zero attached hydrogens (tertiary/aromatic N) is 1. The van der Waals surface area contributed by atoms with Gasteiger partial charge in [-0.25, -0.2) is 4.79 Å². The highest BCUT2D eigenvalue weighted by Crippen LogP contribution is 2.29. The Morgan fingerprint density at radius 2 is 1.23 bits per heavy atom. The second kappa shape index (κ2) is 7.28. The van der Waals surface area contributed by atoms with E-state index in [2.05, 4.69) is 17.1 Å². The van der Waals surface area contributed by atoms with E-state index in [4.69, 9.17) is 0 Å². The van der Waals surface area contributed by atoms with Gasteiger partial charge in [0.15, 0.2) is 0 Å². The summed E-state index contributed by atoms with van der Waals surface area (Å²) in [6.45, 7) is 0.635. The molecule has 3 heteroatoms. The third-order valence-corrected chi connectivity index (χ3v) is 4.56. The van der Waals surface area contributed by atoms with Crippen LogP contribution in [0.3, 0.4) is 0 Å². The first kappa shape index (κ1) is 16.2. The molecule has 3 aromatic carbocycles. The van der Waals surface area contributed by atoms with Crippen LogP contribution in [-0.2, 0) is 13.0 Å². The molecule has 0 aliphatic rings. The highest BCUT2D eigenvalue weighted by molar-refractivity contribution is 5.78. The van der Waals surface area contributed by atoms with Crippen molar-refractivity contribution in [2.75, 3.05) is 0 Å². The van der Waals surface area contributed by atoms with Crippen molar-refractivity contribution < 1.29 is 0 Å². The van der Waals surface area contributed by atoms with Crippen molar-refractivity contribution in [3.05, 3.63) is 107 Å². The molecule has 1 N–H and O–H groups in total. The van der Waals surface area contributed by atoms with Gasteiger partial charge >= 0.3 is 5.69 Å². The molecule has 1 aromatic heterocycles. The van der Waals surface area contributed by atoms with Gasteiger partial charge in [0.1, 0.15) is 0 Å². The van der Waals surface area contributed by atoms with Crippen LogP contribution in [0.5, 0.6) is 0 Å². The minimum atomic E-state index is -0.0707. The Balaban J connectivity index is 1.80. The molecule has 0 spiro atoms. The molecule has 0 bridgehead atoms. The monoisotopic (exact) mass is 340 g/mol. The molecule has 0 aliphatic heterocycles. The predicted octanol–water partition coefficient (Wildman–Crippen LogP) is 4.75. The summed E-state index contributed by atoms with van der Waals surface area (Å²) in [4.78, 5) is 15.8. The third kappa shape index (κ3) is 3.24. The summed E-state index contributed by atoms with van der Waals surface area (Å²) in [7, 11) is 0. The number of rotatable bonds is 5. The van der Waals surface area contributed by atoms with E-state index in [9.17, 15) is 4.79 Å². The van der Waals surface area contributed by atoms with Gasteiger partial charge in [-0.15, -0.1) is 0 Å². The van der Waals surface area contributed by atoms with Gasteiger partial charge in [-0.2, -0.15) is 0 Å². The smallest absolute Gasteiger partial charge is 0.305 e. The Morgan fingerprint density at radius 3 is 1.85 bits per heavy atom. The van der Waals surface area contributed by atoms with Crippen LogP contribution in [0.15, 0.2) is 95.8 Å². The Bertz CT molecular complexity index is 1030. The van der Waals surface area contributed by atoms with Crippen molar-refractivity contribution in [1.29, 1.82) is 0 Å². The molecular formula is C23H20N2O. The van der Waals surface area contributed by atoms with Crippen LogP contribution in [0.25, 0.3) is 22.5 Å². The minimum Gasteiger partial charge on any atom is -0.305 e. The Hall–Kier alpha value is -3.33. The van der Waals surface area contributed by atoms with Gasteiger partial charge in [0.25, 0.3) is 0 Å². The standard InChI is InChI=1S/C23H20N2O/c26-23-24-21(19-12-6-2-7-13-19)22(20-14-8-3-9-15-20)25(23)17-16-18-10-4-1-5-11-18/h1-15H,16-17H2,(H,24,26). The van der Waals surface area contributed by atoms with E-state index >= 15 is 0 Å². The molecule has 0 radical (unpaired) electrons. The lowest BCUT2D eigenvalue weighted by atomic mass is 10.0. The maximum absolute atomic E-state index is 12.7. The molecule has 26 heavy (non-hydrogen) atoms. The summed E-state index contributed by atoms with van der Waals surface area (Å²) in [5.41, 5.74) is 5.02. The van der Waals surface area contributed by atoms with E-state index in [0.717, 1.165) is 28.9 Å². The lowest BCUT2D eigenvalue weighted by Gasteiger charge is -2.10. The van der Waals surface area contributed by atoms with E-state index in [1.807, 2.05) is 83.4 Å². The van der Waals surface area contributed by atoms with Crippen LogP contribution >= 0.6 is 0 Å². The molecule has 0 unspecified atom stereocenters. The first-order chi connectivity index (χ1) is 12.8. The fourth-order valence-electron chi connectivity index (χ4n) is 3.28. The summed E-state index contributed by atoms with van der Waals surface area (Å²) in [5.74, 6) is 0. The molecule has 0 saturated heterocycles. The number of imidazole rings is 1. The van der Waals surface area contributed by atoms with Crippen molar-refractivity contribution in [1.82, 2.24) is 9.55 Å². The topological polar surface area (TPSA) is 37.8 Å². The molecule has 0 saturated carbocycles. The fourth-order valence-corrected chi connectivity index (χ4v) is 3.28. The zero-order chi connectivity index (χ0) is 17.8. The highest BCUT2D eigenvalue weighted by Gasteiger charge is 2.17. The Labute approximate surface area is 152 Å². The molecule has 0 atom stereocenters. The largest absolute Gasteiger partial charge is 0.326 e. The summed E-state index contributed by atoms with van der Waals surface area (Å²) in [6.07, 6.45) is 0.812. The molecule has 128 valence electrons. The van der Waals surface area contributed by atoms with E-state index in [1.165, 1.54) is 5.56 Å². The summed E-state index contributed by atoms with van der Waals surface area (Å²) >= 11 is 0. The van der Waals surface area contributed by atoms with Gasteiger partial charge in [0, 0.05) is 17.7 Å². The molecule has 0 aliphatic carbocycles. The second-order valence-corrected chi connectivity index (χ2v) is 6.27. The number of benzene rings is 3. The summed E-state index contributed by atoms with van der Waals surface area (Å²) < 4.78 is 1.85. The zero-order valence-electron chi connectivity index (χ0n) is 14.4. The normalized spacial score (nSPS) is 10.8. The van der Waals surface area contributed by atoms with E-state index in [0.29, 0.717) is 6.54 Å². The maximum atomic E-state index is 12.7. The number of hydrogen-bond acceptors (Lipinski definition) is 1. The number of nitrogens with one attached hydrogen (secondary N) is 1. The maximum Gasteiger partial charge on any atom is 0.326 e. The van der Waals surface area contributed by atoms with Crippen molar-refractivity contribution >= 4 is 0 Å². The van der Waals surface area contributed by atoms with E-state index in [1.54, 1.807) is 0 Å². The lowest BCUT2D eigenvalue weighted by Crippen LogP contribution is -2.19. The molecule has 3 nitrogen and oxygen atoms in total. The van der Waals surface area contributed by atoms with Gasteiger partial charge in [-0.3, -0.25) is 4.57 Å². The second-order valence-electron chi connectivity index (χ2n) is 6.27. The minimum absolute atomic E-state index is 0.0707. The van der Waals surface area contributed by atoms with Crippen molar-refractivity contribution in [2.24, 2.45) is 0 Å². The highest BCUT2D eigenvalue weighted by atomic mass is 16.1. The quantitative estimate of drug-likeness (QED) is 0.559. The van der Waals surface area contributed by atoms with Crippen molar-refractivity contribution in [3.8, 4) is 22.5 Å². The predicted molar refractivity (Wildman–Crippen MR) is 106 cm³/mol. The van der Waals surface area contributed by atoms with Gasteiger partial charge < -0.3 is 4.98 Å². The van der Waals surface area contributed by atoms with Gasteiger partial charge in [0.2, 0.25) is 0 Å². The van der Waals surface area contributed by atoms with Crippen LogP contribution in [-0.4, -0.2) is 9.55 Å². The third-order valence-electron chi connectivity index (χ3n) is 4.56. The zero-order valence-corrected chi connectivity index (χ0v) is 14.4. The fraction of sp³-hybridized carbons (Fsp3) is 0.0870. The number of aromatic amines is 1. The number of H-pyrrole nitrogens is 1. The molecule has 1 heterocycles. The van der Waals surface area contributed by atoms with Gasteiger partial charge in [0.05, 0.1) is 11.4 Å². The molecule has 4 rings (SSSR count). The molecule has 0 amide bonds. The van der Waals surface area contributed by atoms with E-state index < -0.39 is 0 Å². The molecular weight excluding hydrogens is 320 g/mol. The van der Waals surface area contributed by atoms with Gasteiger partial charge in [-0.05, 0) is 12.0 Å². The molecule has 4 aromatic rings. The van der Waals surface area contributed by atoms with Crippen LogP contribution < -0.4 is 5.69 Å². The van der Waals surface area contributed by atoms with Crippen molar-refractivity contribution in [2.45, 2.75) is 13.0 Å². The average Bonchev–Trinajstić information content (AvgIpc) is 3.05. The van der Waals surface area contributed by atoms with Crippen molar-refractivity contribution in [3.63, 3.8) is 0 Å². The Morgan fingerprint density at radius 1 is 0.692 bits per heavy atom. The Kier molecular flexibility index (Phi) is 4.52. The first-order valence-corrected chi connectivity index (χ1v) is 8.80. The number of aromatic nitrogens is 2. The van der Waals surface area contributed by atoms with E-state index in [-0.39, 0.29) is 5.69 Å². The van der Waals surface area contributed by atoms with Crippen LogP contribution in [0.2, 0.25) is 0 Å². The SMILES string of the molecule is O=c1[nH]c(-c2ccccc2)c(-c2ccccc2)n1CCc1ccccc1. The summed E-state index contributed by atoms with van der Waals surface area (Å²) in [5, 5.41) is 0. The van der Waals surface area contributed by atoms with Crippen LogP contribution in [0.1, 0.15) is 5.56 Å². The summed E-state index contributed by atoms with van der Waals surface area (Å²) in [6, 6.07) is 30.4. The van der Waals surface area contributed by atoms with Crippen LogP contribution in [0, 0.1) is 0 Å². The lowest BCUT2D eigenvalue weighted by molar-refractivity contribution is 0.678. The molecule has 0 fully saturated rings. The average molecular weight is 340 g/mol. The van der Waals surface area contributed by atoms with Crippen LogP contribution in [0.4, 0.5) is 0 Å².